The highest BCUT2D eigenvalue weighted by molar-refractivity contribution is 7.18. The third-order valence-electron chi connectivity index (χ3n) is 4.45. The summed E-state index contributed by atoms with van der Waals surface area (Å²) in [5.41, 5.74) is 1.79. The number of thiophene rings is 1. The van der Waals surface area contributed by atoms with Gasteiger partial charge in [0.2, 0.25) is 0 Å². The number of anilines is 1. The molecular weight excluding hydrogens is 398 g/mol. The van der Waals surface area contributed by atoms with Crippen LogP contribution in [0.2, 0.25) is 0 Å². The number of hydrogen-bond acceptors (Lipinski definition) is 7. The molecule has 1 atom stereocenters. The first-order valence-electron chi connectivity index (χ1n) is 9.14. The molecule has 0 spiro atoms. The van der Waals surface area contributed by atoms with E-state index in [0.29, 0.717) is 30.3 Å². The first-order chi connectivity index (χ1) is 13.7. The molecule has 3 aromatic rings. The van der Waals surface area contributed by atoms with Gasteiger partial charge in [0.05, 0.1) is 11.5 Å². The van der Waals surface area contributed by atoms with E-state index < -0.39 is 12.7 Å². The summed E-state index contributed by atoms with van der Waals surface area (Å²) in [7, 11) is 3.80. The van der Waals surface area contributed by atoms with E-state index in [2.05, 4.69) is 20.0 Å². The summed E-state index contributed by atoms with van der Waals surface area (Å²) in [5, 5.41) is 14.4. The van der Waals surface area contributed by atoms with E-state index in [1.165, 1.54) is 12.1 Å². The highest BCUT2D eigenvalue weighted by Gasteiger charge is 2.17. The number of benzene rings is 1. The van der Waals surface area contributed by atoms with Crippen LogP contribution in [-0.2, 0) is 0 Å². The van der Waals surface area contributed by atoms with Crippen LogP contribution in [0, 0.1) is 13.8 Å². The molecule has 2 N–H and O–H groups in total. The van der Waals surface area contributed by atoms with Crippen LogP contribution in [-0.4, -0.2) is 59.9 Å². The highest BCUT2D eigenvalue weighted by Crippen LogP contribution is 2.35. The fourth-order valence-electron chi connectivity index (χ4n) is 2.99. The lowest BCUT2D eigenvalue weighted by Crippen LogP contribution is -2.31. The van der Waals surface area contributed by atoms with Crippen LogP contribution >= 0.6 is 11.3 Å². The quantitative estimate of drug-likeness (QED) is 0.574. The van der Waals surface area contributed by atoms with Crippen molar-refractivity contribution in [1.82, 2.24) is 14.9 Å². The molecule has 1 aromatic carbocycles. The molecule has 1 unspecified atom stereocenters. The summed E-state index contributed by atoms with van der Waals surface area (Å²) in [6, 6.07) is 6.23. The van der Waals surface area contributed by atoms with Gasteiger partial charge in [-0.1, -0.05) is 0 Å². The second kappa shape index (κ2) is 8.98. The minimum Gasteiger partial charge on any atom is -0.435 e. The van der Waals surface area contributed by atoms with Gasteiger partial charge in [-0.3, -0.25) is 0 Å². The second-order valence-electron chi connectivity index (χ2n) is 7.06. The number of aryl methyl sites for hydroxylation is 2. The average molecular weight is 423 g/mol. The third kappa shape index (κ3) is 5.17. The normalized spacial score (nSPS) is 12.7. The first-order valence-corrected chi connectivity index (χ1v) is 9.96. The highest BCUT2D eigenvalue weighted by atomic mass is 32.1. The van der Waals surface area contributed by atoms with E-state index in [-0.39, 0.29) is 5.75 Å². The van der Waals surface area contributed by atoms with Crippen LogP contribution in [0.5, 0.6) is 5.75 Å². The zero-order valence-corrected chi connectivity index (χ0v) is 17.6. The maximum atomic E-state index is 12.4. The van der Waals surface area contributed by atoms with E-state index in [1.807, 2.05) is 32.8 Å². The van der Waals surface area contributed by atoms with Crippen molar-refractivity contribution < 1.29 is 18.6 Å². The van der Waals surface area contributed by atoms with Crippen molar-refractivity contribution in [3.05, 3.63) is 34.7 Å². The number of aliphatic hydroxyl groups excluding tert-OH is 1. The van der Waals surface area contributed by atoms with Gasteiger partial charge in [-0.05, 0) is 57.8 Å². The second-order valence-corrected chi connectivity index (χ2v) is 8.26. The minimum atomic E-state index is -2.87. The van der Waals surface area contributed by atoms with Crippen molar-refractivity contribution in [2.45, 2.75) is 26.6 Å². The Bertz CT molecular complexity index is 977. The summed E-state index contributed by atoms with van der Waals surface area (Å²) in [6.45, 7) is 2.06. The van der Waals surface area contributed by atoms with Crippen molar-refractivity contribution in [1.29, 1.82) is 0 Å². The molecule has 0 fully saturated rings. The van der Waals surface area contributed by atoms with Crippen molar-refractivity contribution in [2.24, 2.45) is 0 Å². The Kier molecular flexibility index (Phi) is 6.61. The molecule has 3 rings (SSSR count). The third-order valence-corrected chi connectivity index (χ3v) is 5.55. The van der Waals surface area contributed by atoms with Crippen LogP contribution in [0.3, 0.4) is 0 Å². The molecule has 0 amide bonds. The van der Waals surface area contributed by atoms with Crippen molar-refractivity contribution >= 4 is 27.4 Å². The molecule has 156 valence electrons. The summed E-state index contributed by atoms with van der Waals surface area (Å²) in [5.74, 6) is 1.21. The Morgan fingerprint density at radius 3 is 2.48 bits per heavy atom. The van der Waals surface area contributed by atoms with Crippen molar-refractivity contribution in [2.75, 3.05) is 32.5 Å². The van der Waals surface area contributed by atoms with Gasteiger partial charge in [0.1, 0.15) is 16.4 Å². The molecule has 2 heterocycles. The molecule has 2 aromatic heterocycles. The standard InChI is InChI=1S/C20H24F2N4O2S/c1-11-12(2)29-19-16(11)18(23-9-14(27)10-26(3)4)24-17(25-19)13-5-7-15(8-6-13)28-20(21)22/h5-8,14,20,27H,9-10H2,1-4H3,(H,23,24,25). The van der Waals surface area contributed by atoms with Gasteiger partial charge in [-0.15, -0.1) is 11.3 Å². The van der Waals surface area contributed by atoms with E-state index in [4.69, 9.17) is 0 Å². The van der Waals surface area contributed by atoms with E-state index in [9.17, 15) is 13.9 Å². The van der Waals surface area contributed by atoms with E-state index in [1.54, 1.807) is 23.5 Å². The Labute approximate surface area is 172 Å². The number of halogens is 2. The molecule has 9 heteroatoms. The number of alkyl halides is 2. The smallest absolute Gasteiger partial charge is 0.387 e. The fraction of sp³-hybridized carbons (Fsp3) is 0.400. The maximum absolute atomic E-state index is 12.4. The predicted octanol–water partition coefficient (Wildman–Crippen LogP) is 3.91. The van der Waals surface area contributed by atoms with Crippen LogP contribution in [0.15, 0.2) is 24.3 Å². The number of nitrogens with one attached hydrogen (secondary N) is 1. The summed E-state index contributed by atoms with van der Waals surface area (Å²) >= 11 is 1.57. The molecule has 6 nitrogen and oxygen atoms in total. The lowest BCUT2D eigenvalue weighted by molar-refractivity contribution is -0.0498. The van der Waals surface area contributed by atoms with Gasteiger partial charge < -0.3 is 20.1 Å². The molecule has 29 heavy (non-hydrogen) atoms. The number of rotatable bonds is 8. The number of hydrogen-bond donors (Lipinski definition) is 2. The van der Waals surface area contributed by atoms with Gasteiger partial charge >= 0.3 is 6.61 Å². The molecule has 0 radical (unpaired) electrons. The number of aromatic nitrogens is 2. The Morgan fingerprint density at radius 2 is 1.86 bits per heavy atom. The van der Waals surface area contributed by atoms with E-state index in [0.717, 1.165) is 20.7 Å². The van der Waals surface area contributed by atoms with Gasteiger partial charge in [0, 0.05) is 23.5 Å². The monoisotopic (exact) mass is 422 g/mol. The summed E-state index contributed by atoms with van der Waals surface area (Å²) < 4.78 is 29.1. The molecule has 0 aliphatic carbocycles. The Morgan fingerprint density at radius 1 is 1.17 bits per heavy atom. The fourth-order valence-corrected chi connectivity index (χ4v) is 4.02. The summed E-state index contributed by atoms with van der Waals surface area (Å²) in [6.07, 6.45) is -0.552. The molecule has 0 aliphatic heterocycles. The number of likely N-dealkylation sites (N-methyl/N-ethyl adjacent to an activating group) is 1. The van der Waals surface area contributed by atoms with Crippen molar-refractivity contribution in [3.63, 3.8) is 0 Å². The van der Waals surface area contributed by atoms with E-state index >= 15 is 0 Å². The molecule has 0 saturated heterocycles. The zero-order valence-electron chi connectivity index (χ0n) is 16.7. The Hall–Kier alpha value is -2.36. The number of aliphatic hydroxyl groups is 1. The topological polar surface area (TPSA) is 70.5 Å². The Balaban J connectivity index is 1.94. The lowest BCUT2D eigenvalue weighted by Gasteiger charge is -2.17. The maximum Gasteiger partial charge on any atom is 0.387 e. The van der Waals surface area contributed by atoms with Gasteiger partial charge in [-0.2, -0.15) is 8.78 Å². The number of ether oxygens (including phenoxy) is 1. The van der Waals surface area contributed by atoms with Gasteiger partial charge in [0.25, 0.3) is 0 Å². The molecule has 0 saturated carbocycles. The predicted molar refractivity (Wildman–Crippen MR) is 112 cm³/mol. The van der Waals surface area contributed by atoms with Gasteiger partial charge in [-0.25, -0.2) is 9.97 Å². The lowest BCUT2D eigenvalue weighted by atomic mass is 10.1. The molecule has 0 bridgehead atoms. The summed E-state index contributed by atoms with van der Waals surface area (Å²) in [4.78, 5) is 13.2. The zero-order chi connectivity index (χ0) is 21.1. The van der Waals surface area contributed by atoms with Crippen LogP contribution in [0.25, 0.3) is 21.6 Å². The van der Waals surface area contributed by atoms with Crippen LogP contribution < -0.4 is 10.1 Å². The number of nitrogens with zero attached hydrogens (tertiary/aromatic N) is 3. The molecular formula is C20H24F2N4O2S. The van der Waals surface area contributed by atoms with Crippen LogP contribution in [0.1, 0.15) is 10.4 Å². The minimum absolute atomic E-state index is 0.0813. The molecule has 0 aliphatic rings. The SMILES string of the molecule is Cc1sc2nc(-c3ccc(OC(F)F)cc3)nc(NCC(O)CN(C)C)c2c1C. The first kappa shape index (κ1) is 21.4. The van der Waals surface area contributed by atoms with Crippen molar-refractivity contribution in [3.8, 4) is 17.1 Å². The largest absolute Gasteiger partial charge is 0.435 e. The average Bonchev–Trinajstić information content (AvgIpc) is 2.93. The van der Waals surface area contributed by atoms with Gasteiger partial charge in [0.15, 0.2) is 5.82 Å². The number of fused-ring (bicyclic) bond motifs is 1. The van der Waals surface area contributed by atoms with Crippen LogP contribution in [0.4, 0.5) is 14.6 Å².